The molecule has 0 radical (unpaired) electrons. The normalized spacial score (nSPS) is 17.3. The van der Waals surface area contributed by atoms with Crippen molar-refractivity contribution in [3.05, 3.63) is 35.9 Å². The number of hydrogen-bond donors (Lipinski definition) is 2. The van der Waals surface area contributed by atoms with Crippen LogP contribution in [0, 0.1) is 0 Å². The fourth-order valence-corrected chi connectivity index (χ4v) is 2.66. The van der Waals surface area contributed by atoms with Crippen LogP contribution in [-0.4, -0.2) is 41.8 Å². The van der Waals surface area contributed by atoms with Gasteiger partial charge in [-0.25, -0.2) is 0 Å². The standard InChI is InChI=1S/C16H21N3O3/c17-16(22)13-7-4-10-19(13)15(21)8-9-18-14(20)11-12-5-2-1-3-6-12/h1-3,5-6,13H,4,7-11H2,(H2,17,22)(H,18,20). The van der Waals surface area contributed by atoms with Crippen molar-refractivity contribution in [1.29, 1.82) is 0 Å². The van der Waals surface area contributed by atoms with E-state index in [1.54, 1.807) is 0 Å². The maximum Gasteiger partial charge on any atom is 0.240 e. The summed E-state index contributed by atoms with van der Waals surface area (Å²) in [6.45, 7) is 0.830. The van der Waals surface area contributed by atoms with Crippen LogP contribution in [0.4, 0.5) is 0 Å². The summed E-state index contributed by atoms with van der Waals surface area (Å²) in [6.07, 6.45) is 1.90. The van der Waals surface area contributed by atoms with Crippen molar-refractivity contribution in [1.82, 2.24) is 10.2 Å². The van der Waals surface area contributed by atoms with Gasteiger partial charge in [-0.15, -0.1) is 0 Å². The van der Waals surface area contributed by atoms with E-state index in [1.165, 1.54) is 4.90 Å². The average Bonchev–Trinajstić information content (AvgIpc) is 2.98. The summed E-state index contributed by atoms with van der Waals surface area (Å²) < 4.78 is 0. The molecule has 3 N–H and O–H groups in total. The first-order valence-electron chi connectivity index (χ1n) is 7.47. The van der Waals surface area contributed by atoms with Gasteiger partial charge >= 0.3 is 0 Å². The Balaban J connectivity index is 1.73. The second-order valence-electron chi connectivity index (χ2n) is 5.41. The quantitative estimate of drug-likeness (QED) is 0.787. The lowest BCUT2D eigenvalue weighted by Crippen LogP contribution is -2.44. The van der Waals surface area contributed by atoms with Crippen LogP contribution in [0.5, 0.6) is 0 Å². The van der Waals surface area contributed by atoms with Crippen LogP contribution in [-0.2, 0) is 20.8 Å². The number of nitrogens with zero attached hydrogens (tertiary/aromatic N) is 1. The molecule has 0 spiro atoms. The molecule has 1 unspecified atom stereocenters. The van der Waals surface area contributed by atoms with Crippen LogP contribution in [0.2, 0.25) is 0 Å². The van der Waals surface area contributed by atoms with Gasteiger partial charge in [0, 0.05) is 19.5 Å². The average molecular weight is 303 g/mol. The minimum Gasteiger partial charge on any atom is -0.368 e. The molecular weight excluding hydrogens is 282 g/mol. The molecule has 2 rings (SSSR count). The molecule has 1 aromatic rings. The van der Waals surface area contributed by atoms with Crippen LogP contribution in [0.1, 0.15) is 24.8 Å². The fourth-order valence-electron chi connectivity index (χ4n) is 2.66. The number of benzene rings is 1. The Morgan fingerprint density at radius 1 is 1.23 bits per heavy atom. The third kappa shape index (κ3) is 4.31. The number of amides is 3. The lowest BCUT2D eigenvalue weighted by molar-refractivity contribution is -0.137. The number of likely N-dealkylation sites (tertiary alicyclic amines) is 1. The number of primary amides is 1. The molecule has 0 aromatic heterocycles. The van der Waals surface area contributed by atoms with Gasteiger partial charge in [0.1, 0.15) is 6.04 Å². The maximum atomic E-state index is 12.1. The minimum atomic E-state index is -0.493. The highest BCUT2D eigenvalue weighted by Gasteiger charge is 2.32. The van der Waals surface area contributed by atoms with Gasteiger partial charge in [0.15, 0.2) is 0 Å². The molecule has 1 atom stereocenters. The molecule has 3 amide bonds. The van der Waals surface area contributed by atoms with Gasteiger partial charge in [0.25, 0.3) is 0 Å². The highest BCUT2D eigenvalue weighted by Crippen LogP contribution is 2.17. The van der Waals surface area contributed by atoms with Crippen LogP contribution < -0.4 is 11.1 Å². The summed E-state index contributed by atoms with van der Waals surface area (Å²) >= 11 is 0. The summed E-state index contributed by atoms with van der Waals surface area (Å²) in [6, 6.07) is 8.92. The highest BCUT2D eigenvalue weighted by atomic mass is 16.2. The Morgan fingerprint density at radius 2 is 1.95 bits per heavy atom. The molecule has 1 aliphatic heterocycles. The molecule has 1 fully saturated rings. The van der Waals surface area contributed by atoms with Crippen molar-refractivity contribution in [2.45, 2.75) is 31.7 Å². The molecule has 22 heavy (non-hydrogen) atoms. The zero-order valence-electron chi connectivity index (χ0n) is 12.5. The summed E-state index contributed by atoms with van der Waals surface area (Å²) in [4.78, 5) is 36.6. The van der Waals surface area contributed by atoms with Crippen molar-refractivity contribution < 1.29 is 14.4 Å². The zero-order chi connectivity index (χ0) is 15.9. The third-order valence-electron chi connectivity index (χ3n) is 3.77. The number of nitrogens with two attached hydrogens (primary N) is 1. The molecule has 1 heterocycles. The largest absolute Gasteiger partial charge is 0.368 e. The predicted octanol–water partition coefficient (Wildman–Crippen LogP) is 0.212. The summed E-state index contributed by atoms with van der Waals surface area (Å²) in [5, 5.41) is 2.73. The van der Waals surface area contributed by atoms with Gasteiger partial charge in [-0.3, -0.25) is 14.4 Å². The lowest BCUT2D eigenvalue weighted by Gasteiger charge is -2.22. The molecule has 6 heteroatoms. The van der Waals surface area contributed by atoms with Gasteiger partial charge in [0.05, 0.1) is 6.42 Å². The van der Waals surface area contributed by atoms with E-state index in [1.807, 2.05) is 30.3 Å². The number of nitrogens with one attached hydrogen (secondary N) is 1. The van der Waals surface area contributed by atoms with E-state index in [0.717, 1.165) is 12.0 Å². The van der Waals surface area contributed by atoms with Crippen molar-refractivity contribution in [3.63, 3.8) is 0 Å². The van der Waals surface area contributed by atoms with Crippen LogP contribution in [0.15, 0.2) is 30.3 Å². The van der Waals surface area contributed by atoms with Crippen molar-refractivity contribution in [3.8, 4) is 0 Å². The van der Waals surface area contributed by atoms with Gasteiger partial charge < -0.3 is 16.0 Å². The number of rotatable bonds is 6. The number of hydrogen-bond acceptors (Lipinski definition) is 3. The third-order valence-corrected chi connectivity index (χ3v) is 3.77. The Bertz CT molecular complexity index is 545. The first kappa shape index (κ1) is 16.0. The molecule has 1 saturated heterocycles. The summed E-state index contributed by atoms with van der Waals surface area (Å²) in [5.41, 5.74) is 6.22. The van der Waals surface area contributed by atoms with Crippen molar-refractivity contribution in [2.75, 3.05) is 13.1 Å². The first-order chi connectivity index (χ1) is 10.6. The number of carbonyl (C=O) groups excluding carboxylic acids is 3. The summed E-state index contributed by atoms with van der Waals surface area (Å²) in [7, 11) is 0. The van der Waals surface area contributed by atoms with Crippen molar-refractivity contribution in [2.24, 2.45) is 5.73 Å². The highest BCUT2D eigenvalue weighted by molar-refractivity contribution is 5.87. The fraction of sp³-hybridized carbons (Fsp3) is 0.438. The molecule has 6 nitrogen and oxygen atoms in total. The van der Waals surface area contributed by atoms with Crippen molar-refractivity contribution >= 4 is 17.7 Å². The minimum absolute atomic E-state index is 0.119. The number of carbonyl (C=O) groups is 3. The molecule has 1 aliphatic rings. The van der Waals surface area contributed by atoms with Gasteiger partial charge in [0.2, 0.25) is 17.7 Å². The monoisotopic (exact) mass is 303 g/mol. The Morgan fingerprint density at radius 3 is 2.64 bits per heavy atom. The first-order valence-corrected chi connectivity index (χ1v) is 7.47. The predicted molar refractivity (Wildman–Crippen MR) is 81.7 cm³/mol. The van der Waals surface area contributed by atoms with Gasteiger partial charge in [-0.2, -0.15) is 0 Å². The Hall–Kier alpha value is -2.37. The van der Waals surface area contributed by atoms with E-state index in [2.05, 4.69) is 5.32 Å². The second-order valence-corrected chi connectivity index (χ2v) is 5.41. The SMILES string of the molecule is NC(=O)C1CCCN1C(=O)CCNC(=O)Cc1ccccc1. The van der Waals surface area contributed by atoms with Crippen LogP contribution in [0.25, 0.3) is 0 Å². The van der Waals surface area contributed by atoms with E-state index in [4.69, 9.17) is 5.73 Å². The van der Waals surface area contributed by atoms with Gasteiger partial charge in [-0.1, -0.05) is 30.3 Å². The molecule has 0 saturated carbocycles. The Labute approximate surface area is 129 Å². The smallest absolute Gasteiger partial charge is 0.240 e. The molecular formula is C16H21N3O3. The van der Waals surface area contributed by atoms with Gasteiger partial charge in [-0.05, 0) is 18.4 Å². The van der Waals surface area contributed by atoms with Crippen LogP contribution in [0.3, 0.4) is 0 Å². The molecule has 118 valence electrons. The van der Waals surface area contributed by atoms with E-state index < -0.39 is 11.9 Å². The topological polar surface area (TPSA) is 92.5 Å². The molecule has 0 bridgehead atoms. The van der Waals surface area contributed by atoms with Crippen LogP contribution >= 0.6 is 0 Å². The molecule has 0 aliphatic carbocycles. The Kier molecular flexibility index (Phi) is 5.52. The van der Waals surface area contributed by atoms with E-state index >= 15 is 0 Å². The van der Waals surface area contributed by atoms with E-state index in [9.17, 15) is 14.4 Å². The molecule has 1 aromatic carbocycles. The zero-order valence-corrected chi connectivity index (χ0v) is 12.5. The van der Waals surface area contributed by atoms with E-state index in [0.29, 0.717) is 19.4 Å². The van der Waals surface area contributed by atoms with E-state index in [-0.39, 0.29) is 24.8 Å². The maximum absolute atomic E-state index is 12.1. The summed E-state index contributed by atoms with van der Waals surface area (Å²) in [5.74, 6) is -0.716. The lowest BCUT2D eigenvalue weighted by atomic mass is 10.1. The second kappa shape index (κ2) is 7.59.